The summed E-state index contributed by atoms with van der Waals surface area (Å²) in [6.07, 6.45) is -2.64. The predicted octanol–water partition coefficient (Wildman–Crippen LogP) is 3.58. The van der Waals surface area contributed by atoms with Gasteiger partial charge in [0.15, 0.2) is 0 Å². The van der Waals surface area contributed by atoms with Gasteiger partial charge in [0, 0.05) is 11.1 Å². The van der Waals surface area contributed by atoms with E-state index in [1.807, 2.05) is 0 Å². The summed E-state index contributed by atoms with van der Waals surface area (Å²) in [5.41, 5.74) is -1.67. The molecule has 0 bridgehead atoms. The van der Waals surface area contributed by atoms with Crippen LogP contribution in [0, 0.1) is 12.3 Å². The van der Waals surface area contributed by atoms with Crippen LogP contribution in [0.25, 0.3) is 0 Å². The van der Waals surface area contributed by atoms with Gasteiger partial charge in [-0.3, -0.25) is 0 Å². The van der Waals surface area contributed by atoms with Gasteiger partial charge in [0.25, 0.3) is 0 Å². The molecule has 0 amide bonds. The Bertz CT molecular complexity index is 314. The molecule has 5 heteroatoms. The fourth-order valence-corrected chi connectivity index (χ4v) is 2.05. The molecule has 0 aliphatic rings. The van der Waals surface area contributed by atoms with Crippen molar-refractivity contribution in [2.45, 2.75) is 33.4 Å². The third-order valence-electron chi connectivity index (χ3n) is 2.05. The minimum Gasteiger partial charge on any atom is -0.250 e. The summed E-state index contributed by atoms with van der Waals surface area (Å²) in [5, 5.41) is 0.804. The second-order valence-electron chi connectivity index (χ2n) is 3.90. The van der Waals surface area contributed by atoms with E-state index in [4.69, 9.17) is 0 Å². The molecule has 1 aromatic heterocycles. The van der Waals surface area contributed by atoms with E-state index in [-0.39, 0.29) is 6.42 Å². The van der Waals surface area contributed by atoms with E-state index in [2.05, 4.69) is 4.98 Å². The minimum absolute atomic E-state index is 0.00199. The lowest BCUT2D eigenvalue weighted by Gasteiger charge is -2.26. The maximum Gasteiger partial charge on any atom is 0.394 e. The maximum atomic E-state index is 12.5. The fraction of sp³-hybridized carbons (Fsp3) is 0.667. The van der Waals surface area contributed by atoms with Crippen LogP contribution in [0.3, 0.4) is 0 Å². The summed E-state index contributed by atoms with van der Waals surface area (Å²) in [4.78, 5) is 4.62. The normalized spacial score (nSPS) is 13.3. The average molecular weight is 223 g/mol. The third-order valence-corrected chi connectivity index (χ3v) is 2.97. The lowest BCUT2D eigenvalue weighted by atomic mass is 9.88. The highest BCUT2D eigenvalue weighted by molar-refractivity contribution is 7.11. The summed E-state index contributed by atoms with van der Waals surface area (Å²) in [5.74, 6) is 0. The number of rotatable bonds is 2. The average Bonchev–Trinajstić information content (AvgIpc) is 2.31. The van der Waals surface area contributed by atoms with Crippen LogP contribution in [0.4, 0.5) is 13.2 Å². The van der Waals surface area contributed by atoms with E-state index >= 15 is 0 Å². The Morgan fingerprint density at radius 1 is 1.36 bits per heavy atom. The van der Waals surface area contributed by atoms with Crippen LogP contribution >= 0.6 is 11.3 Å². The molecular weight excluding hydrogens is 211 g/mol. The van der Waals surface area contributed by atoms with E-state index in [9.17, 15) is 13.2 Å². The van der Waals surface area contributed by atoms with Crippen molar-refractivity contribution in [3.63, 3.8) is 0 Å². The molecule has 0 aliphatic heterocycles. The Morgan fingerprint density at radius 2 is 1.93 bits per heavy atom. The Kier molecular flexibility index (Phi) is 2.90. The molecule has 1 rings (SSSR count). The van der Waals surface area contributed by atoms with Gasteiger partial charge in [0.1, 0.15) is 0 Å². The zero-order chi connectivity index (χ0) is 11.0. The van der Waals surface area contributed by atoms with Gasteiger partial charge in [-0.25, -0.2) is 4.98 Å². The number of aromatic nitrogens is 1. The predicted molar refractivity (Wildman–Crippen MR) is 50.4 cm³/mol. The second kappa shape index (κ2) is 3.53. The first kappa shape index (κ1) is 11.5. The molecule has 0 N–H and O–H groups in total. The van der Waals surface area contributed by atoms with Crippen molar-refractivity contribution >= 4 is 11.3 Å². The van der Waals surface area contributed by atoms with E-state index in [1.165, 1.54) is 31.4 Å². The molecule has 0 unspecified atom stereocenters. The number of hydrogen-bond donors (Lipinski definition) is 0. The molecule has 0 spiro atoms. The van der Waals surface area contributed by atoms with Crippen LogP contribution in [-0.4, -0.2) is 11.2 Å². The number of hydrogen-bond acceptors (Lipinski definition) is 2. The molecule has 1 heterocycles. The standard InChI is InChI=1S/C9H12F3NS/c1-6-13-5-7(14-6)4-8(2,3)9(10,11)12/h5H,4H2,1-3H3. The van der Waals surface area contributed by atoms with Gasteiger partial charge in [-0.2, -0.15) is 13.2 Å². The summed E-state index contributed by atoms with van der Waals surface area (Å²) < 4.78 is 37.5. The van der Waals surface area contributed by atoms with Crippen molar-refractivity contribution < 1.29 is 13.2 Å². The minimum atomic E-state index is -4.16. The van der Waals surface area contributed by atoms with Gasteiger partial charge in [-0.05, 0) is 13.3 Å². The molecule has 80 valence electrons. The molecule has 0 aliphatic carbocycles. The number of aryl methyl sites for hydroxylation is 1. The fourth-order valence-electron chi connectivity index (χ4n) is 1.02. The first-order valence-corrected chi connectivity index (χ1v) is 5.02. The first-order chi connectivity index (χ1) is 6.22. The molecule has 0 fully saturated rings. The molecular formula is C9H12F3NS. The van der Waals surface area contributed by atoms with Crippen LogP contribution in [0.5, 0.6) is 0 Å². The third kappa shape index (κ3) is 2.47. The number of halogens is 3. The van der Waals surface area contributed by atoms with Crippen LogP contribution in [0.1, 0.15) is 23.7 Å². The Morgan fingerprint density at radius 3 is 2.29 bits per heavy atom. The van der Waals surface area contributed by atoms with Gasteiger partial charge in [-0.1, -0.05) is 13.8 Å². The monoisotopic (exact) mass is 223 g/mol. The van der Waals surface area contributed by atoms with Crippen molar-refractivity contribution in [3.05, 3.63) is 16.1 Å². The first-order valence-electron chi connectivity index (χ1n) is 4.20. The molecule has 0 atom stereocenters. The molecule has 1 aromatic rings. The summed E-state index contributed by atoms with van der Waals surface area (Å²) in [6, 6.07) is 0. The van der Waals surface area contributed by atoms with Crippen molar-refractivity contribution in [2.24, 2.45) is 5.41 Å². The van der Waals surface area contributed by atoms with Gasteiger partial charge in [0.2, 0.25) is 0 Å². The Labute approximate surface area is 85.0 Å². The van der Waals surface area contributed by atoms with Gasteiger partial charge in [0.05, 0.1) is 10.4 Å². The van der Waals surface area contributed by atoms with Crippen molar-refractivity contribution in [2.75, 3.05) is 0 Å². The molecule has 0 saturated heterocycles. The topological polar surface area (TPSA) is 12.9 Å². The highest BCUT2D eigenvalue weighted by Gasteiger charge is 2.47. The highest BCUT2D eigenvalue weighted by Crippen LogP contribution is 2.40. The molecule has 0 aromatic carbocycles. The van der Waals surface area contributed by atoms with E-state index in [0.29, 0.717) is 4.88 Å². The number of nitrogens with zero attached hydrogens (tertiary/aromatic N) is 1. The quantitative estimate of drug-likeness (QED) is 0.746. The van der Waals surface area contributed by atoms with Crippen LogP contribution < -0.4 is 0 Å². The van der Waals surface area contributed by atoms with Crippen LogP contribution in [0.2, 0.25) is 0 Å². The van der Waals surface area contributed by atoms with E-state index in [0.717, 1.165) is 5.01 Å². The molecule has 0 saturated carbocycles. The Hall–Kier alpha value is -0.580. The van der Waals surface area contributed by atoms with Gasteiger partial charge < -0.3 is 0 Å². The van der Waals surface area contributed by atoms with Crippen molar-refractivity contribution in [1.82, 2.24) is 4.98 Å². The zero-order valence-corrected chi connectivity index (χ0v) is 9.09. The van der Waals surface area contributed by atoms with E-state index < -0.39 is 11.6 Å². The molecule has 14 heavy (non-hydrogen) atoms. The number of thiazole rings is 1. The van der Waals surface area contributed by atoms with Crippen LogP contribution in [-0.2, 0) is 6.42 Å². The maximum absolute atomic E-state index is 12.5. The molecule has 0 radical (unpaired) electrons. The SMILES string of the molecule is Cc1ncc(CC(C)(C)C(F)(F)F)s1. The van der Waals surface area contributed by atoms with Crippen LogP contribution in [0.15, 0.2) is 6.20 Å². The van der Waals surface area contributed by atoms with E-state index in [1.54, 1.807) is 6.92 Å². The van der Waals surface area contributed by atoms with Crippen molar-refractivity contribution in [1.29, 1.82) is 0 Å². The molecule has 1 nitrogen and oxygen atoms in total. The van der Waals surface area contributed by atoms with Gasteiger partial charge >= 0.3 is 6.18 Å². The highest BCUT2D eigenvalue weighted by atomic mass is 32.1. The summed E-state index contributed by atoms with van der Waals surface area (Å²) in [6.45, 7) is 4.21. The lowest BCUT2D eigenvalue weighted by Crippen LogP contribution is -2.33. The Balaban J connectivity index is 2.78. The number of alkyl halides is 3. The van der Waals surface area contributed by atoms with Gasteiger partial charge in [-0.15, -0.1) is 11.3 Å². The smallest absolute Gasteiger partial charge is 0.250 e. The van der Waals surface area contributed by atoms with Crippen molar-refractivity contribution in [3.8, 4) is 0 Å². The summed E-state index contributed by atoms with van der Waals surface area (Å²) in [7, 11) is 0. The largest absolute Gasteiger partial charge is 0.394 e. The second-order valence-corrected chi connectivity index (χ2v) is 5.22. The zero-order valence-electron chi connectivity index (χ0n) is 8.27. The lowest BCUT2D eigenvalue weighted by molar-refractivity contribution is -0.210. The summed E-state index contributed by atoms with van der Waals surface area (Å²) >= 11 is 1.32.